The first-order valence-electron chi connectivity index (χ1n) is 5.54. The van der Waals surface area contributed by atoms with Crippen LogP contribution < -0.4 is 5.73 Å². The Bertz CT molecular complexity index is 437. The molecule has 0 amide bonds. The van der Waals surface area contributed by atoms with Crippen LogP contribution in [0.25, 0.3) is 0 Å². The molecule has 0 saturated heterocycles. The zero-order valence-electron chi connectivity index (χ0n) is 10.4. The van der Waals surface area contributed by atoms with Crippen LogP contribution in [-0.4, -0.2) is 29.5 Å². The van der Waals surface area contributed by atoms with Gasteiger partial charge in [-0.15, -0.1) is 0 Å². The predicted molar refractivity (Wildman–Crippen MR) is 65.3 cm³/mol. The maximum Gasteiger partial charge on any atom is 0.159 e. The summed E-state index contributed by atoms with van der Waals surface area (Å²) in [7, 11) is 1.82. The number of benzene rings is 1. The fourth-order valence-electron chi connectivity index (χ4n) is 1.67. The Balaban J connectivity index is 2.59. The van der Waals surface area contributed by atoms with E-state index in [2.05, 4.69) is 5.16 Å². The molecule has 1 rings (SSSR count). The lowest BCUT2D eigenvalue weighted by molar-refractivity contribution is 0.290. The third kappa shape index (κ3) is 3.96. The molecule has 4 nitrogen and oxygen atoms in total. The molecule has 1 aromatic carbocycles. The smallest absolute Gasteiger partial charge is 0.159 e. The van der Waals surface area contributed by atoms with E-state index in [0.717, 1.165) is 6.07 Å². The molecule has 0 radical (unpaired) electrons. The number of halogens is 2. The molecule has 6 heteroatoms. The van der Waals surface area contributed by atoms with Crippen molar-refractivity contribution in [1.29, 1.82) is 0 Å². The van der Waals surface area contributed by atoms with Crippen LogP contribution in [0.1, 0.15) is 12.5 Å². The molecule has 3 N–H and O–H groups in total. The highest BCUT2D eigenvalue weighted by Crippen LogP contribution is 2.11. The van der Waals surface area contributed by atoms with Gasteiger partial charge in [-0.05, 0) is 24.7 Å². The van der Waals surface area contributed by atoms with Crippen molar-refractivity contribution in [3.05, 3.63) is 35.4 Å². The normalized spacial score (nSPS) is 13.9. The van der Waals surface area contributed by atoms with Crippen molar-refractivity contribution in [3.8, 4) is 0 Å². The molecular weight excluding hydrogens is 240 g/mol. The minimum Gasteiger partial charge on any atom is -0.409 e. The number of nitrogens with zero attached hydrogens (tertiary/aromatic N) is 2. The van der Waals surface area contributed by atoms with Gasteiger partial charge in [-0.1, -0.05) is 18.1 Å². The first kappa shape index (κ1) is 14.4. The molecule has 100 valence electrons. The zero-order chi connectivity index (χ0) is 13.7. The second-order valence-electron chi connectivity index (χ2n) is 4.37. The molecule has 0 aliphatic carbocycles. The molecule has 0 bridgehead atoms. The van der Waals surface area contributed by atoms with Crippen LogP contribution in [0.5, 0.6) is 0 Å². The number of rotatable bonds is 5. The Morgan fingerprint density at radius 2 is 2.11 bits per heavy atom. The minimum absolute atomic E-state index is 0.120. The second kappa shape index (κ2) is 6.30. The van der Waals surface area contributed by atoms with Gasteiger partial charge in [0.2, 0.25) is 0 Å². The lowest BCUT2D eigenvalue weighted by Crippen LogP contribution is -2.32. The highest BCUT2D eigenvalue weighted by molar-refractivity contribution is 5.82. The summed E-state index contributed by atoms with van der Waals surface area (Å²) in [5.74, 6) is -1.69. The van der Waals surface area contributed by atoms with Gasteiger partial charge in [0.15, 0.2) is 11.6 Å². The molecule has 0 aromatic heterocycles. The van der Waals surface area contributed by atoms with E-state index < -0.39 is 11.6 Å². The lowest BCUT2D eigenvalue weighted by atomic mass is 10.1. The summed E-state index contributed by atoms with van der Waals surface area (Å²) >= 11 is 0. The van der Waals surface area contributed by atoms with Crippen molar-refractivity contribution < 1.29 is 14.0 Å². The van der Waals surface area contributed by atoms with Crippen LogP contribution in [0.3, 0.4) is 0 Å². The predicted octanol–water partition coefficient (Wildman–Crippen LogP) is 1.78. The number of hydrogen-bond acceptors (Lipinski definition) is 3. The summed E-state index contributed by atoms with van der Waals surface area (Å²) in [5, 5.41) is 11.5. The van der Waals surface area contributed by atoms with Crippen LogP contribution in [0.15, 0.2) is 23.4 Å². The fraction of sp³-hybridized carbons (Fsp3) is 0.417. The SMILES string of the molecule is CC(CN(C)Cc1ccc(F)c(F)c1)/C(N)=N/O. The average molecular weight is 257 g/mol. The average Bonchev–Trinajstić information content (AvgIpc) is 2.32. The number of oxime groups is 1. The van der Waals surface area contributed by atoms with E-state index >= 15 is 0 Å². The second-order valence-corrected chi connectivity index (χ2v) is 4.37. The van der Waals surface area contributed by atoms with Crippen molar-refractivity contribution in [2.75, 3.05) is 13.6 Å². The van der Waals surface area contributed by atoms with Gasteiger partial charge in [0.1, 0.15) is 5.84 Å². The minimum atomic E-state index is -0.856. The molecule has 1 unspecified atom stereocenters. The van der Waals surface area contributed by atoms with Gasteiger partial charge >= 0.3 is 0 Å². The Kier molecular flexibility index (Phi) is 5.03. The number of hydrogen-bond donors (Lipinski definition) is 2. The topological polar surface area (TPSA) is 61.8 Å². The van der Waals surface area contributed by atoms with Crippen LogP contribution in [0.4, 0.5) is 8.78 Å². The fourth-order valence-corrected chi connectivity index (χ4v) is 1.67. The third-order valence-corrected chi connectivity index (χ3v) is 2.64. The van der Waals surface area contributed by atoms with Crippen LogP contribution in [0.2, 0.25) is 0 Å². The monoisotopic (exact) mass is 257 g/mol. The molecule has 0 heterocycles. The van der Waals surface area contributed by atoms with Gasteiger partial charge < -0.3 is 15.8 Å². The van der Waals surface area contributed by atoms with Gasteiger partial charge in [0.25, 0.3) is 0 Å². The van der Waals surface area contributed by atoms with Gasteiger partial charge in [-0.2, -0.15) is 0 Å². The van der Waals surface area contributed by atoms with E-state index in [1.165, 1.54) is 12.1 Å². The zero-order valence-corrected chi connectivity index (χ0v) is 10.4. The van der Waals surface area contributed by atoms with E-state index in [9.17, 15) is 8.78 Å². The third-order valence-electron chi connectivity index (χ3n) is 2.64. The first-order chi connectivity index (χ1) is 8.43. The largest absolute Gasteiger partial charge is 0.409 e. The standard InChI is InChI=1S/C12H17F2N3O/c1-8(12(15)16-18)6-17(2)7-9-3-4-10(13)11(14)5-9/h3-5,8,18H,6-7H2,1-2H3,(H2,15,16). The summed E-state index contributed by atoms with van der Waals surface area (Å²) < 4.78 is 25.8. The summed E-state index contributed by atoms with van der Waals surface area (Å²) in [6.45, 7) is 2.83. The maximum absolute atomic E-state index is 13.0. The Hall–Kier alpha value is -1.69. The lowest BCUT2D eigenvalue weighted by Gasteiger charge is -2.20. The molecule has 18 heavy (non-hydrogen) atoms. The summed E-state index contributed by atoms with van der Waals surface area (Å²) in [4.78, 5) is 1.88. The van der Waals surface area contributed by atoms with Gasteiger partial charge in [0.05, 0.1) is 0 Å². The van der Waals surface area contributed by atoms with E-state index in [1.807, 2.05) is 18.9 Å². The number of amidine groups is 1. The van der Waals surface area contributed by atoms with Crippen molar-refractivity contribution in [2.45, 2.75) is 13.5 Å². The van der Waals surface area contributed by atoms with Crippen molar-refractivity contribution >= 4 is 5.84 Å². The van der Waals surface area contributed by atoms with Crippen molar-refractivity contribution in [2.24, 2.45) is 16.8 Å². The first-order valence-corrected chi connectivity index (χ1v) is 5.54. The summed E-state index contributed by atoms with van der Waals surface area (Å²) in [6.07, 6.45) is 0. The molecule has 1 atom stereocenters. The van der Waals surface area contributed by atoms with Gasteiger partial charge in [0, 0.05) is 19.0 Å². The maximum atomic E-state index is 13.0. The van der Waals surface area contributed by atoms with E-state index in [0.29, 0.717) is 18.7 Å². The van der Waals surface area contributed by atoms with Crippen LogP contribution in [0, 0.1) is 17.6 Å². The highest BCUT2D eigenvalue weighted by atomic mass is 19.2. The molecule has 0 fully saturated rings. The summed E-state index contributed by atoms with van der Waals surface area (Å²) in [6, 6.07) is 3.80. The quantitative estimate of drug-likeness (QED) is 0.366. The molecule has 0 saturated carbocycles. The molecule has 0 aliphatic heterocycles. The van der Waals surface area contributed by atoms with E-state index in [1.54, 1.807) is 0 Å². The van der Waals surface area contributed by atoms with Gasteiger partial charge in [-0.25, -0.2) is 8.78 Å². The Morgan fingerprint density at radius 1 is 1.44 bits per heavy atom. The van der Waals surface area contributed by atoms with Crippen LogP contribution >= 0.6 is 0 Å². The van der Waals surface area contributed by atoms with Crippen LogP contribution in [-0.2, 0) is 6.54 Å². The van der Waals surface area contributed by atoms with Crippen molar-refractivity contribution in [3.63, 3.8) is 0 Å². The summed E-state index contributed by atoms with van der Waals surface area (Å²) in [5.41, 5.74) is 6.14. The van der Waals surface area contributed by atoms with Crippen molar-refractivity contribution in [1.82, 2.24) is 4.90 Å². The van der Waals surface area contributed by atoms with Gasteiger partial charge in [-0.3, -0.25) is 0 Å². The highest BCUT2D eigenvalue weighted by Gasteiger charge is 2.12. The Morgan fingerprint density at radius 3 is 2.67 bits per heavy atom. The molecular formula is C12H17F2N3O. The Labute approximate surface area is 105 Å². The molecule has 0 spiro atoms. The van der Waals surface area contributed by atoms with E-state index in [-0.39, 0.29) is 11.8 Å². The molecule has 0 aliphatic rings. The molecule has 1 aromatic rings. The number of nitrogens with two attached hydrogens (primary N) is 1. The van der Waals surface area contributed by atoms with E-state index in [4.69, 9.17) is 10.9 Å².